The first-order valence-electron chi connectivity index (χ1n) is 5.04. The molecule has 7 heteroatoms. The van der Waals surface area contributed by atoms with Gasteiger partial charge in [-0.15, -0.1) is 0 Å². The lowest BCUT2D eigenvalue weighted by molar-refractivity contribution is -0.384. The van der Waals surface area contributed by atoms with E-state index in [2.05, 4.69) is 4.98 Å². The Morgan fingerprint density at radius 3 is 2.76 bits per heavy atom. The Labute approximate surface area is 97.8 Å². The Hall–Kier alpha value is -2.18. The highest BCUT2D eigenvalue weighted by Crippen LogP contribution is 2.28. The summed E-state index contributed by atoms with van der Waals surface area (Å²) >= 11 is 0. The van der Waals surface area contributed by atoms with Gasteiger partial charge in [-0.2, -0.15) is 0 Å². The highest BCUT2D eigenvalue weighted by molar-refractivity contribution is 5.75. The zero-order valence-electron chi connectivity index (χ0n) is 9.58. The van der Waals surface area contributed by atoms with E-state index in [1.54, 1.807) is 13.8 Å². The normalized spacial score (nSPS) is 10.0. The molecule has 92 valence electrons. The number of anilines is 1. The molecule has 0 bridgehead atoms. The Bertz CT molecular complexity index is 447. The maximum absolute atomic E-state index is 10.9. The van der Waals surface area contributed by atoms with Crippen LogP contribution in [0.15, 0.2) is 12.3 Å². The average molecular weight is 239 g/mol. The van der Waals surface area contributed by atoms with Gasteiger partial charge in [0.1, 0.15) is 6.54 Å². The number of carboxylic acids is 1. The third-order valence-corrected chi connectivity index (χ3v) is 2.30. The van der Waals surface area contributed by atoms with E-state index < -0.39 is 10.9 Å². The van der Waals surface area contributed by atoms with Crippen LogP contribution in [0.3, 0.4) is 0 Å². The fraction of sp³-hybridized carbons (Fsp3) is 0.400. The first-order chi connectivity index (χ1) is 7.97. The SMILES string of the molecule is CCN(CC(=O)O)c1nccc(C)c1[N+](=O)[O-]. The third-order valence-electron chi connectivity index (χ3n) is 2.30. The number of pyridine rings is 1. The number of aromatic nitrogens is 1. The van der Waals surface area contributed by atoms with Crippen LogP contribution in [0, 0.1) is 17.0 Å². The molecule has 0 saturated carbocycles. The van der Waals surface area contributed by atoms with Crippen molar-refractivity contribution in [2.24, 2.45) is 0 Å². The van der Waals surface area contributed by atoms with E-state index in [-0.39, 0.29) is 18.1 Å². The van der Waals surface area contributed by atoms with Gasteiger partial charge in [0, 0.05) is 18.3 Å². The number of rotatable bonds is 5. The van der Waals surface area contributed by atoms with Crippen molar-refractivity contribution in [1.82, 2.24) is 4.98 Å². The molecule has 0 unspecified atom stereocenters. The van der Waals surface area contributed by atoms with Gasteiger partial charge in [0.15, 0.2) is 0 Å². The van der Waals surface area contributed by atoms with Gasteiger partial charge in [0.05, 0.1) is 4.92 Å². The molecule has 1 heterocycles. The number of nitrogens with zero attached hydrogens (tertiary/aromatic N) is 3. The van der Waals surface area contributed by atoms with E-state index in [1.807, 2.05) is 0 Å². The van der Waals surface area contributed by atoms with Crippen molar-refractivity contribution in [2.75, 3.05) is 18.0 Å². The summed E-state index contributed by atoms with van der Waals surface area (Å²) in [4.78, 5) is 26.3. The van der Waals surface area contributed by atoms with Gasteiger partial charge in [-0.25, -0.2) is 4.98 Å². The molecule has 0 radical (unpaired) electrons. The molecule has 1 rings (SSSR count). The Balaban J connectivity index is 3.23. The van der Waals surface area contributed by atoms with E-state index in [1.165, 1.54) is 17.2 Å². The van der Waals surface area contributed by atoms with Gasteiger partial charge in [0.2, 0.25) is 5.82 Å². The number of aryl methyl sites for hydroxylation is 1. The topological polar surface area (TPSA) is 96.6 Å². The highest BCUT2D eigenvalue weighted by Gasteiger charge is 2.23. The molecule has 17 heavy (non-hydrogen) atoms. The summed E-state index contributed by atoms with van der Waals surface area (Å²) in [7, 11) is 0. The minimum Gasteiger partial charge on any atom is -0.480 e. The Morgan fingerprint density at radius 1 is 1.65 bits per heavy atom. The first kappa shape index (κ1) is 12.9. The van der Waals surface area contributed by atoms with Crippen molar-refractivity contribution in [3.63, 3.8) is 0 Å². The van der Waals surface area contributed by atoms with Crippen LogP contribution in [0.2, 0.25) is 0 Å². The predicted molar refractivity (Wildman–Crippen MR) is 61.2 cm³/mol. The largest absolute Gasteiger partial charge is 0.480 e. The van der Waals surface area contributed by atoms with Crippen LogP contribution in [0.25, 0.3) is 0 Å². The number of likely N-dealkylation sites (N-methyl/N-ethyl adjacent to an activating group) is 1. The predicted octanol–water partition coefficient (Wildman–Crippen LogP) is 1.21. The fourth-order valence-electron chi connectivity index (χ4n) is 1.49. The molecule has 0 aromatic carbocycles. The average Bonchev–Trinajstić information content (AvgIpc) is 2.24. The van der Waals surface area contributed by atoms with Crippen LogP contribution >= 0.6 is 0 Å². The summed E-state index contributed by atoms with van der Waals surface area (Å²) in [6, 6.07) is 1.52. The number of hydrogen-bond acceptors (Lipinski definition) is 5. The molecule has 0 amide bonds. The van der Waals surface area contributed by atoms with Gasteiger partial charge in [-0.1, -0.05) is 0 Å². The molecular weight excluding hydrogens is 226 g/mol. The second-order valence-corrected chi connectivity index (χ2v) is 3.47. The van der Waals surface area contributed by atoms with Crippen molar-refractivity contribution in [2.45, 2.75) is 13.8 Å². The van der Waals surface area contributed by atoms with Gasteiger partial charge >= 0.3 is 11.7 Å². The Morgan fingerprint density at radius 2 is 2.29 bits per heavy atom. The lowest BCUT2D eigenvalue weighted by Gasteiger charge is -2.19. The molecule has 0 fully saturated rings. The first-order valence-corrected chi connectivity index (χ1v) is 5.04. The molecule has 0 aliphatic carbocycles. The smallest absolute Gasteiger partial charge is 0.323 e. The third kappa shape index (κ3) is 2.90. The molecular formula is C10H13N3O4. The monoisotopic (exact) mass is 239 g/mol. The van der Waals surface area contributed by atoms with Crippen LogP contribution in [0.4, 0.5) is 11.5 Å². The fourth-order valence-corrected chi connectivity index (χ4v) is 1.49. The molecule has 1 aromatic heterocycles. The van der Waals surface area contributed by atoms with Gasteiger partial charge in [0.25, 0.3) is 0 Å². The summed E-state index contributed by atoms with van der Waals surface area (Å²) in [5, 5.41) is 19.7. The Kier molecular flexibility index (Phi) is 3.97. The number of hydrogen-bond donors (Lipinski definition) is 1. The van der Waals surface area contributed by atoms with Crippen LogP contribution in [0.5, 0.6) is 0 Å². The number of carbonyl (C=O) groups is 1. The van der Waals surface area contributed by atoms with Crippen molar-refractivity contribution in [3.05, 3.63) is 27.9 Å². The summed E-state index contributed by atoms with van der Waals surface area (Å²) < 4.78 is 0. The molecule has 7 nitrogen and oxygen atoms in total. The standard InChI is InChI=1S/C10H13N3O4/c1-3-12(6-8(14)15)10-9(13(16)17)7(2)4-5-11-10/h4-5H,3,6H2,1-2H3,(H,14,15). The number of carboxylic acid groups (broad SMARTS) is 1. The number of nitro groups is 1. The molecule has 0 aliphatic heterocycles. The van der Waals surface area contributed by atoms with E-state index in [0.717, 1.165) is 0 Å². The lowest BCUT2D eigenvalue weighted by atomic mass is 10.2. The zero-order chi connectivity index (χ0) is 13.0. The van der Waals surface area contributed by atoms with Gasteiger partial charge in [-0.3, -0.25) is 14.9 Å². The molecule has 0 atom stereocenters. The molecule has 0 saturated heterocycles. The van der Waals surface area contributed by atoms with Crippen LogP contribution in [-0.2, 0) is 4.79 Å². The van der Waals surface area contributed by atoms with E-state index >= 15 is 0 Å². The highest BCUT2D eigenvalue weighted by atomic mass is 16.6. The minimum absolute atomic E-state index is 0.0971. The summed E-state index contributed by atoms with van der Waals surface area (Å²) in [5.41, 5.74) is 0.319. The van der Waals surface area contributed by atoms with Crippen molar-refractivity contribution in [3.8, 4) is 0 Å². The molecule has 1 aromatic rings. The summed E-state index contributed by atoms with van der Waals surface area (Å²) in [6.45, 7) is 3.34. The van der Waals surface area contributed by atoms with Crippen molar-refractivity contribution >= 4 is 17.5 Å². The van der Waals surface area contributed by atoms with Crippen LogP contribution in [0.1, 0.15) is 12.5 Å². The van der Waals surface area contributed by atoms with Crippen LogP contribution < -0.4 is 4.90 Å². The zero-order valence-corrected chi connectivity index (χ0v) is 9.58. The van der Waals surface area contributed by atoms with E-state index in [4.69, 9.17) is 5.11 Å². The van der Waals surface area contributed by atoms with E-state index in [9.17, 15) is 14.9 Å². The van der Waals surface area contributed by atoms with Gasteiger partial charge < -0.3 is 10.0 Å². The van der Waals surface area contributed by atoms with Gasteiger partial charge in [-0.05, 0) is 19.9 Å². The lowest BCUT2D eigenvalue weighted by Crippen LogP contribution is -2.30. The summed E-state index contributed by atoms with van der Waals surface area (Å²) in [5.74, 6) is -0.954. The summed E-state index contributed by atoms with van der Waals surface area (Å²) in [6.07, 6.45) is 1.43. The molecule has 1 N–H and O–H groups in total. The molecule has 0 aliphatic rings. The maximum Gasteiger partial charge on any atom is 0.323 e. The molecule has 0 spiro atoms. The second-order valence-electron chi connectivity index (χ2n) is 3.47. The van der Waals surface area contributed by atoms with Crippen molar-refractivity contribution < 1.29 is 14.8 Å². The quantitative estimate of drug-likeness (QED) is 0.612. The number of aliphatic carboxylic acids is 1. The van der Waals surface area contributed by atoms with E-state index in [0.29, 0.717) is 12.1 Å². The maximum atomic E-state index is 10.9. The van der Waals surface area contributed by atoms with Crippen molar-refractivity contribution in [1.29, 1.82) is 0 Å². The second kappa shape index (κ2) is 5.24. The minimum atomic E-state index is -1.05. The van der Waals surface area contributed by atoms with Crippen LogP contribution in [-0.4, -0.2) is 34.1 Å².